The number of hydrogen-bond donors (Lipinski definition) is 1. The Morgan fingerprint density at radius 1 is 1.40 bits per heavy atom. The van der Waals surface area contributed by atoms with Gasteiger partial charge in [0.15, 0.2) is 0 Å². The molecule has 0 spiro atoms. The molecule has 0 aromatic carbocycles. The molecule has 0 radical (unpaired) electrons. The van der Waals surface area contributed by atoms with Gasteiger partial charge in [-0.3, -0.25) is 0 Å². The van der Waals surface area contributed by atoms with Crippen LogP contribution in [0.3, 0.4) is 0 Å². The van der Waals surface area contributed by atoms with Gasteiger partial charge in [0.1, 0.15) is 28.3 Å². The second-order valence-corrected chi connectivity index (χ2v) is 7.04. The summed E-state index contributed by atoms with van der Waals surface area (Å²) in [5.41, 5.74) is 0. The summed E-state index contributed by atoms with van der Waals surface area (Å²) < 4.78 is 11.0. The summed E-state index contributed by atoms with van der Waals surface area (Å²) in [6.45, 7) is 4.04. The van der Waals surface area contributed by atoms with Crippen molar-refractivity contribution in [2.75, 3.05) is 24.7 Å². The minimum Gasteiger partial charge on any atom is -0.467 e. The van der Waals surface area contributed by atoms with Crippen LogP contribution in [0.15, 0.2) is 34.3 Å². The molecule has 3 aromatic heterocycles. The Labute approximate surface area is 150 Å². The van der Waals surface area contributed by atoms with Crippen molar-refractivity contribution in [3.63, 3.8) is 0 Å². The van der Waals surface area contributed by atoms with Crippen LogP contribution in [0.5, 0.6) is 0 Å². The van der Waals surface area contributed by atoms with Gasteiger partial charge in [0.2, 0.25) is 0 Å². The van der Waals surface area contributed by atoms with Gasteiger partial charge in [-0.1, -0.05) is 6.92 Å². The molecule has 7 heteroatoms. The van der Waals surface area contributed by atoms with Gasteiger partial charge < -0.3 is 19.2 Å². The summed E-state index contributed by atoms with van der Waals surface area (Å²) in [6.07, 6.45) is 2.25. The Balaban J connectivity index is 1.66. The van der Waals surface area contributed by atoms with Crippen LogP contribution >= 0.6 is 11.3 Å². The van der Waals surface area contributed by atoms with E-state index in [9.17, 15) is 5.11 Å². The quantitative estimate of drug-likeness (QED) is 0.754. The van der Waals surface area contributed by atoms with Crippen molar-refractivity contribution >= 4 is 27.4 Å². The third kappa shape index (κ3) is 3.27. The summed E-state index contributed by atoms with van der Waals surface area (Å²) in [5.74, 6) is 2.38. The molecule has 2 unspecified atom stereocenters. The van der Waals surface area contributed by atoms with Crippen LogP contribution in [0, 0.1) is 0 Å². The number of fused-ring (bicyclic) bond motifs is 1. The average molecular weight is 359 g/mol. The molecule has 1 N–H and O–H groups in total. The molecule has 132 valence electrons. The van der Waals surface area contributed by atoms with Gasteiger partial charge in [0.25, 0.3) is 0 Å². The normalized spacial score (nSPS) is 19.4. The minimum atomic E-state index is -0.658. The van der Waals surface area contributed by atoms with E-state index in [-0.39, 0.29) is 6.04 Å². The molecule has 0 amide bonds. The number of morpholine rings is 1. The summed E-state index contributed by atoms with van der Waals surface area (Å²) in [5, 5.41) is 13.6. The number of aliphatic hydroxyl groups is 1. The van der Waals surface area contributed by atoms with Gasteiger partial charge >= 0.3 is 0 Å². The zero-order valence-corrected chi connectivity index (χ0v) is 14.9. The number of rotatable bonds is 5. The van der Waals surface area contributed by atoms with Crippen LogP contribution in [0.1, 0.15) is 31.0 Å². The minimum absolute atomic E-state index is 0.0385. The van der Waals surface area contributed by atoms with E-state index in [1.165, 1.54) is 0 Å². The fraction of sp³-hybridized carbons (Fsp3) is 0.444. The van der Waals surface area contributed by atoms with Crippen molar-refractivity contribution in [2.45, 2.75) is 31.9 Å². The first-order chi connectivity index (χ1) is 12.3. The number of thiophene rings is 1. The first kappa shape index (κ1) is 16.5. The lowest BCUT2D eigenvalue weighted by atomic mass is 10.0. The zero-order valence-electron chi connectivity index (χ0n) is 14.1. The monoisotopic (exact) mass is 359 g/mol. The maximum atomic E-state index is 10.5. The number of aromatic nitrogens is 2. The fourth-order valence-electron chi connectivity index (χ4n) is 3.24. The van der Waals surface area contributed by atoms with Crippen LogP contribution in [-0.4, -0.2) is 40.9 Å². The molecule has 2 atom stereocenters. The van der Waals surface area contributed by atoms with Crippen molar-refractivity contribution in [1.82, 2.24) is 9.97 Å². The third-order valence-corrected chi connectivity index (χ3v) is 5.34. The second-order valence-electron chi connectivity index (χ2n) is 6.15. The van der Waals surface area contributed by atoms with Gasteiger partial charge in [0.05, 0.1) is 30.9 Å². The number of anilines is 1. The molecular formula is C18H21N3O3S. The Kier molecular flexibility index (Phi) is 4.70. The maximum Gasteiger partial charge on any atom is 0.141 e. The van der Waals surface area contributed by atoms with E-state index in [0.29, 0.717) is 25.4 Å². The van der Waals surface area contributed by atoms with Crippen LogP contribution in [0.25, 0.3) is 10.2 Å². The Morgan fingerprint density at radius 3 is 3.12 bits per heavy atom. The van der Waals surface area contributed by atoms with Crippen molar-refractivity contribution in [3.05, 3.63) is 41.4 Å². The van der Waals surface area contributed by atoms with Crippen LogP contribution < -0.4 is 4.90 Å². The van der Waals surface area contributed by atoms with E-state index in [1.54, 1.807) is 29.7 Å². The third-order valence-electron chi connectivity index (χ3n) is 4.53. The van der Waals surface area contributed by atoms with Crippen molar-refractivity contribution in [1.29, 1.82) is 0 Å². The molecule has 1 aliphatic heterocycles. The molecule has 6 nitrogen and oxygen atoms in total. The molecule has 1 aliphatic rings. The molecule has 0 saturated carbocycles. The number of nitrogens with zero attached hydrogens (tertiary/aromatic N) is 3. The SMILES string of the molecule is CCc1nc(N2CCOCC2CC(O)c2ccco2)c2ccsc2n1. The first-order valence-electron chi connectivity index (χ1n) is 8.56. The van der Waals surface area contributed by atoms with E-state index < -0.39 is 6.10 Å². The smallest absolute Gasteiger partial charge is 0.141 e. The predicted molar refractivity (Wildman–Crippen MR) is 97.0 cm³/mol. The highest BCUT2D eigenvalue weighted by Crippen LogP contribution is 2.32. The fourth-order valence-corrected chi connectivity index (χ4v) is 4.02. The largest absolute Gasteiger partial charge is 0.467 e. The highest BCUT2D eigenvalue weighted by Gasteiger charge is 2.29. The lowest BCUT2D eigenvalue weighted by Crippen LogP contribution is -2.47. The maximum absolute atomic E-state index is 10.5. The van der Waals surface area contributed by atoms with Crippen molar-refractivity contribution in [2.24, 2.45) is 0 Å². The standard InChI is InChI=1S/C18H21N3O3S/c1-2-16-19-17(13-5-9-25-18(13)20-16)21-6-8-23-11-12(21)10-14(22)15-4-3-7-24-15/h3-5,7,9,12,14,22H,2,6,8,10-11H2,1H3. The number of aliphatic hydroxyl groups excluding tert-OH is 1. The van der Waals surface area contributed by atoms with Gasteiger partial charge in [0, 0.05) is 19.4 Å². The number of aryl methyl sites for hydroxylation is 1. The predicted octanol–water partition coefficient (Wildman–Crippen LogP) is 3.18. The average Bonchev–Trinajstić information content (AvgIpc) is 3.33. The number of ether oxygens (including phenoxy) is 1. The summed E-state index contributed by atoms with van der Waals surface area (Å²) in [6, 6.07) is 5.71. The summed E-state index contributed by atoms with van der Waals surface area (Å²) >= 11 is 1.63. The number of furan rings is 1. The molecule has 0 aliphatic carbocycles. The summed E-state index contributed by atoms with van der Waals surface area (Å²) in [4.78, 5) is 12.7. The molecular weight excluding hydrogens is 338 g/mol. The molecule has 1 fully saturated rings. The molecule has 4 heterocycles. The van der Waals surface area contributed by atoms with E-state index in [1.807, 2.05) is 0 Å². The molecule has 4 rings (SSSR count). The lowest BCUT2D eigenvalue weighted by Gasteiger charge is -2.37. The number of hydrogen-bond acceptors (Lipinski definition) is 7. The Morgan fingerprint density at radius 2 is 2.32 bits per heavy atom. The van der Waals surface area contributed by atoms with Crippen molar-refractivity contribution < 1.29 is 14.3 Å². The van der Waals surface area contributed by atoms with E-state index in [4.69, 9.17) is 14.1 Å². The van der Waals surface area contributed by atoms with Gasteiger partial charge in [-0.2, -0.15) is 0 Å². The van der Waals surface area contributed by atoms with Gasteiger partial charge in [-0.25, -0.2) is 9.97 Å². The topological polar surface area (TPSA) is 71.6 Å². The lowest BCUT2D eigenvalue weighted by molar-refractivity contribution is 0.0617. The van der Waals surface area contributed by atoms with Crippen molar-refractivity contribution in [3.8, 4) is 0 Å². The van der Waals surface area contributed by atoms with E-state index >= 15 is 0 Å². The van der Waals surface area contributed by atoms with Gasteiger partial charge in [-0.15, -0.1) is 11.3 Å². The van der Waals surface area contributed by atoms with Crippen LogP contribution in [0.4, 0.5) is 5.82 Å². The summed E-state index contributed by atoms with van der Waals surface area (Å²) in [7, 11) is 0. The highest BCUT2D eigenvalue weighted by molar-refractivity contribution is 7.16. The van der Waals surface area contributed by atoms with E-state index in [0.717, 1.165) is 34.8 Å². The molecule has 0 bridgehead atoms. The highest BCUT2D eigenvalue weighted by atomic mass is 32.1. The zero-order chi connectivity index (χ0) is 17.2. The Bertz CT molecular complexity index is 833. The van der Waals surface area contributed by atoms with Gasteiger partial charge in [-0.05, 0) is 23.6 Å². The van der Waals surface area contributed by atoms with Crippen LogP contribution in [-0.2, 0) is 11.2 Å². The molecule has 1 saturated heterocycles. The molecule has 3 aromatic rings. The van der Waals surface area contributed by atoms with E-state index in [2.05, 4.69) is 28.3 Å². The first-order valence-corrected chi connectivity index (χ1v) is 9.44. The second kappa shape index (κ2) is 7.11. The van der Waals surface area contributed by atoms with Crippen LogP contribution in [0.2, 0.25) is 0 Å². The molecule has 25 heavy (non-hydrogen) atoms. The Hall–Kier alpha value is -1.96.